The molecule has 0 aliphatic heterocycles. The molecule has 0 bridgehead atoms. The molecule has 0 fully saturated rings. The van der Waals surface area contributed by atoms with Crippen molar-refractivity contribution in [3.05, 3.63) is 182 Å². The first-order valence-electron chi connectivity index (χ1n) is 18.8. The summed E-state index contributed by atoms with van der Waals surface area (Å²) in [6.45, 7) is 0. The topological polar surface area (TPSA) is 56.7 Å². The molecule has 0 aliphatic carbocycles. The van der Waals surface area contributed by atoms with Gasteiger partial charge in [0.2, 0.25) is 0 Å². The zero-order chi connectivity index (χ0) is 36.7. The van der Waals surface area contributed by atoms with Crippen molar-refractivity contribution in [3.8, 4) is 39.9 Å². The Bertz CT molecular complexity index is 3460. The molecule has 5 nitrogen and oxygen atoms in total. The van der Waals surface area contributed by atoms with Gasteiger partial charge in [0, 0.05) is 38.2 Å². The van der Waals surface area contributed by atoms with Crippen LogP contribution >= 0.6 is 0 Å². The zero-order valence-corrected chi connectivity index (χ0v) is 30.0. The first-order valence-corrected chi connectivity index (χ1v) is 18.8. The van der Waals surface area contributed by atoms with Crippen molar-refractivity contribution >= 4 is 76.1 Å². The smallest absolute Gasteiger partial charge is 0.166 e. The van der Waals surface area contributed by atoms with Crippen molar-refractivity contribution in [2.75, 3.05) is 0 Å². The zero-order valence-electron chi connectivity index (χ0n) is 30.0. The van der Waals surface area contributed by atoms with E-state index in [4.69, 9.17) is 19.4 Å². The summed E-state index contributed by atoms with van der Waals surface area (Å²) < 4.78 is 9.24. The number of para-hydroxylation sites is 2. The van der Waals surface area contributed by atoms with Crippen LogP contribution in [0.5, 0.6) is 0 Å². The van der Waals surface area contributed by atoms with Gasteiger partial charge in [0.25, 0.3) is 0 Å². The summed E-state index contributed by atoms with van der Waals surface area (Å²) in [5.74, 6) is 1.77. The number of nitrogens with zero attached hydrogens (tertiary/aromatic N) is 4. The Morgan fingerprint density at radius 2 is 0.893 bits per heavy atom. The van der Waals surface area contributed by atoms with Crippen molar-refractivity contribution in [1.29, 1.82) is 0 Å². The quantitative estimate of drug-likeness (QED) is 0.182. The third-order valence-corrected chi connectivity index (χ3v) is 11.2. The molecule has 0 spiro atoms. The van der Waals surface area contributed by atoms with Crippen LogP contribution in [0, 0.1) is 0 Å². The van der Waals surface area contributed by atoms with E-state index in [9.17, 15) is 0 Å². The van der Waals surface area contributed by atoms with Gasteiger partial charge >= 0.3 is 0 Å². The summed E-state index contributed by atoms with van der Waals surface area (Å²) in [7, 11) is 0. The average molecular weight is 715 g/mol. The van der Waals surface area contributed by atoms with Crippen molar-refractivity contribution in [3.63, 3.8) is 0 Å². The van der Waals surface area contributed by atoms with E-state index >= 15 is 0 Å². The van der Waals surface area contributed by atoms with E-state index in [2.05, 4.69) is 174 Å². The highest BCUT2D eigenvalue weighted by molar-refractivity contribution is 6.16. The molecule has 3 aromatic heterocycles. The molecule has 12 rings (SSSR count). The van der Waals surface area contributed by atoms with E-state index in [-0.39, 0.29) is 0 Å². The van der Waals surface area contributed by atoms with Gasteiger partial charge in [-0.25, -0.2) is 15.0 Å². The first kappa shape index (κ1) is 30.8. The van der Waals surface area contributed by atoms with E-state index in [1.807, 2.05) is 12.1 Å². The van der Waals surface area contributed by atoms with Crippen molar-refractivity contribution < 1.29 is 4.42 Å². The van der Waals surface area contributed by atoms with Crippen molar-refractivity contribution in [2.45, 2.75) is 0 Å². The van der Waals surface area contributed by atoms with Crippen LogP contribution in [0.15, 0.2) is 186 Å². The number of furan rings is 1. The Balaban J connectivity index is 1.21. The fraction of sp³-hybridized carbons (Fsp3) is 0. The molecular weight excluding hydrogens is 685 g/mol. The van der Waals surface area contributed by atoms with Gasteiger partial charge in [-0.15, -0.1) is 0 Å². The van der Waals surface area contributed by atoms with Crippen LogP contribution in [0.3, 0.4) is 0 Å². The lowest BCUT2D eigenvalue weighted by atomic mass is 10.0. The van der Waals surface area contributed by atoms with Crippen LogP contribution in [0.2, 0.25) is 0 Å². The van der Waals surface area contributed by atoms with Crippen LogP contribution in [0.4, 0.5) is 0 Å². The standard InChI is InChI=1S/C51H30N4O/c1-3-13-33-27-37(23-21-31(33)11-1)49-52-50(38-24-22-32-12-2-4-14-34(32)28-38)54-51(53-49)42-26-25-41-40-18-8-10-20-46(40)56-48(41)47(42)55-44-19-9-7-17-39(44)43-29-35-15-5-6-16-36(35)30-45(43)55/h1-30H. The number of rotatable bonds is 4. The Hall–Kier alpha value is -7.63. The summed E-state index contributed by atoms with van der Waals surface area (Å²) in [5.41, 5.74) is 7.34. The second-order valence-electron chi connectivity index (χ2n) is 14.4. The van der Waals surface area contributed by atoms with E-state index in [0.29, 0.717) is 17.5 Å². The Labute approximate surface area is 320 Å². The maximum atomic E-state index is 6.89. The van der Waals surface area contributed by atoms with Gasteiger partial charge in [-0.1, -0.05) is 133 Å². The third-order valence-electron chi connectivity index (χ3n) is 11.2. The molecule has 3 heterocycles. The van der Waals surface area contributed by atoms with Gasteiger partial charge < -0.3 is 8.98 Å². The summed E-state index contributed by atoms with van der Waals surface area (Å²) in [6.07, 6.45) is 0. The molecule has 0 N–H and O–H groups in total. The fourth-order valence-electron chi connectivity index (χ4n) is 8.48. The van der Waals surface area contributed by atoms with Crippen molar-refractivity contribution in [1.82, 2.24) is 19.5 Å². The first-order chi connectivity index (χ1) is 27.7. The van der Waals surface area contributed by atoms with Crippen LogP contribution in [0.25, 0.3) is 116 Å². The van der Waals surface area contributed by atoms with Gasteiger partial charge in [-0.2, -0.15) is 0 Å². The Kier molecular flexibility index (Phi) is 6.56. The SMILES string of the molecule is c1ccc2cc(-c3nc(-c4ccc5ccccc5c4)nc(-c4ccc5c(oc6ccccc65)c4-n4c5ccccc5c5cc6ccccc6cc54)n3)ccc2c1. The highest BCUT2D eigenvalue weighted by Gasteiger charge is 2.24. The summed E-state index contributed by atoms with van der Waals surface area (Å²) in [6, 6.07) is 63.9. The minimum atomic E-state index is 0.565. The van der Waals surface area contributed by atoms with Crippen molar-refractivity contribution in [2.24, 2.45) is 0 Å². The minimum absolute atomic E-state index is 0.565. The van der Waals surface area contributed by atoms with E-state index in [1.165, 1.54) is 16.2 Å². The maximum absolute atomic E-state index is 6.89. The normalized spacial score (nSPS) is 11.9. The Morgan fingerprint density at radius 1 is 0.357 bits per heavy atom. The average Bonchev–Trinajstić information content (AvgIpc) is 3.80. The van der Waals surface area contributed by atoms with Gasteiger partial charge in [-0.05, 0) is 80.8 Å². The molecule has 0 radical (unpaired) electrons. The molecule has 0 saturated carbocycles. The highest BCUT2D eigenvalue weighted by atomic mass is 16.3. The molecule has 0 aliphatic rings. The van der Waals surface area contributed by atoms with Gasteiger partial charge in [0.1, 0.15) is 11.3 Å². The van der Waals surface area contributed by atoms with Gasteiger partial charge in [0.15, 0.2) is 23.1 Å². The summed E-state index contributed by atoms with van der Waals surface area (Å²) >= 11 is 0. The molecule has 0 atom stereocenters. The molecule has 0 amide bonds. The Morgan fingerprint density at radius 3 is 1.57 bits per heavy atom. The van der Waals surface area contributed by atoms with E-state index in [1.54, 1.807) is 0 Å². The maximum Gasteiger partial charge on any atom is 0.166 e. The molecule has 0 saturated heterocycles. The predicted molar refractivity (Wildman–Crippen MR) is 230 cm³/mol. The summed E-state index contributed by atoms with van der Waals surface area (Å²) in [5, 5.41) is 11.4. The molecule has 12 aromatic rings. The lowest BCUT2D eigenvalue weighted by molar-refractivity contribution is 0.666. The lowest BCUT2D eigenvalue weighted by Crippen LogP contribution is -2.04. The number of benzene rings is 9. The number of aromatic nitrogens is 4. The predicted octanol–water partition coefficient (Wildman–Crippen LogP) is 13.3. The fourth-order valence-corrected chi connectivity index (χ4v) is 8.48. The highest BCUT2D eigenvalue weighted by Crippen LogP contribution is 2.43. The minimum Gasteiger partial charge on any atom is -0.454 e. The number of hydrogen-bond acceptors (Lipinski definition) is 4. The molecule has 9 aromatic carbocycles. The third kappa shape index (κ3) is 4.71. The molecule has 56 heavy (non-hydrogen) atoms. The lowest BCUT2D eigenvalue weighted by Gasteiger charge is -2.15. The second-order valence-corrected chi connectivity index (χ2v) is 14.4. The van der Waals surface area contributed by atoms with Crippen LogP contribution in [-0.4, -0.2) is 19.5 Å². The number of fused-ring (bicyclic) bond motifs is 9. The molecule has 5 heteroatoms. The molecular formula is C51H30N4O. The van der Waals surface area contributed by atoms with E-state index in [0.717, 1.165) is 82.3 Å². The van der Waals surface area contributed by atoms with Crippen LogP contribution in [-0.2, 0) is 0 Å². The van der Waals surface area contributed by atoms with Crippen LogP contribution < -0.4 is 0 Å². The summed E-state index contributed by atoms with van der Waals surface area (Å²) in [4.78, 5) is 15.8. The largest absolute Gasteiger partial charge is 0.454 e. The van der Waals surface area contributed by atoms with Gasteiger partial charge in [0.05, 0.1) is 11.0 Å². The molecule has 260 valence electrons. The monoisotopic (exact) mass is 714 g/mol. The number of hydrogen-bond donors (Lipinski definition) is 0. The van der Waals surface area contributed by atoms with Crippen LogP contribution in [0.1, 0.15) is 0 Å². The molecule has 0 unspecified atom stereocenters. The van der Waals surface area contributed by atoms with E-state index < -0.39 is 0 Å². The van der Waals surface area contributed by atoms with Gasteiger partial charge in [-0.3, -0.25) is 0 Å². The second kappa shape index (κ2) is 11.9.